The zero-order valence-electron chi connectivity index (χ0n) is 9.16. The van der Waals surface area contributed by atoms with Crippen LogP contribution in [0.2, 0.25) is 0 Å². The lowest BCUT2D eigenvalue weighted by Gasteiger charge is -2.03. The maximum Gasteiger partial charge on any atom is 0.356 e. The first-order valence-electron chi connectivity index (χ1n) is 4.81. The van der Waals surface area contributed by atoms with E-state index in [1.165, 1.54) is 16.8 Å². The van der Waals surface area contributed by atoms with Crippen LogP contribution in [0.4, 0.5) is 0 Å². The van der Waals surface area contributed by atoms with E-state index in [4.69, 9.17) is 5.11 Å². The lowest BCUT2D eigenvalue weighted by atomic mass is 10.5. The third-order valence-electron chi connectivity index (χ3n) is 2.05. The van der Waals surface area contributed by atoms with E-state index in [-0.39, 0.29) is 10.8 Å². The van der Waals surface area contributed by atoms with Gasteiger partial charge in [0.15, 0.2) is 9.90 Å². The molecular formula is C9H7BrN2O4S3. The summed E-state index contributed by atoms with van der Waals surface area (Å²) < 4.78 is 26.9. The molecule has 0 saturated carbocycles. The monoisotopic (exact) mass is 382 g/mol. The Morgan fingerprint density at radius 1 is 1.47 bits per heavy atom. The lowest BCUT2D eigenvalue weighted by molar-refractivity contribution is 0.0687. The molecule has 2 aromatic heterocycles. The molecule has 0 bridgehead atoms. The molecule has 102 valence electrons. The number of carbonyl (C=O) groups is 1. The molecule has 0 unspecified atom stereocenters. The third-order valence-corrected chi connectivity index (χ3v) is 6.44. The molecule has 0 spiro atoms. The second-order valence-corrected chi connectivity index (χ2v) is 8.69. The van der Waals surface area contributed by atoms with Gasteiger partial charge in [0.2, 0.25) is 0 Å². The van der Waals surface area contributed by atoms with Gasteiger partial charge < -0.3 is 5.11 Å². The molecule has 0 radical (unpaired) electrons. The van der Waals surface area contributed by atoms with Gasteiger partial charge in [-0.15, -0.1) is 22.7 Å². The number of rotatable bonds is 5. The summed E-state index contributed by atoms with van der Waals surface area (Å²) in [4.78, 5) is 15.2. The van der Waals surface area contributed by atoms with Crippen molar-refractivity contribution in [3.05, 3.63) is 32.0 Å². The average Bonchev–Trinajstić information content (AvgIpc) is 2.94. The van der Waals surface area contributed by atoms with Crippen molar-refractivity contribution in [3.8, 4) is 0 Å². The van der Waals surface area contributed by atoms with Crippen LogP contribution in [0.15, 0.2) is 25.6 Å². The fraction of sp³-hybridized carbons (Fsp3) is 0.111. The number of halogens is 1. The van der Waals surface area contributed by atoms with Crippen LogP contribution in [0, 0.1) is 0 Å². The Balaban J connectivity index is 2.18. The Morgan fingerprint density at radius 2 is 2.21 bits per heavy atom. The van der Waals surface area contributed by atoms with Gasteiger partial charge in [-0.2, -0.15) is 0 Å². The molecule has 0 aliphatic rings. The molecule has 0 fully saturated rings. The molecule has 0 aliphatic heterocycles. The van der Waals surface area contributed by atoms with Gasteiger partial charge >= 0.3 is 5.97 Å². The van der Waals surface area contributed by atoms with Crippen LogP contribution in [0.5, 0.6) is 0 Å². The van der Waals surface area contributed by atoms with Gasteiger partial charge in [0.25, 0.3) is 10.0 Å². The van der Waals surface area contributed by atoms with E-state index < -0.39 is 21.7 Å². The van der Waals surface area contributed by atoms with E-state index in [1.807, 2.05) is 6.07 Å². The first-order chi connectivity index (χ1) is 8.90. The van der Waals surface area contributed by atoms with Crippen molar-refractivity contribution in [2.45, 2.75) is 10.8 Å². The van der Waals surface area contributed by atoms with Crippen molar-refractivity contribution in [3.63, 3.8) is 0 Å². The van der Waals surface area contributed by atoms with Gasteiger partial charge in [-0.25, -0.2) is 22.9 Å². The molecule has 2 heterocycles. The minimum atomic E-state index is -3.87. The van der Waals surface area contributed by atoms with Crippen molar-refractivity contribution in [1.82, 2.24) is 9.71 Å². The zero-order chi connectivity index (χ0) is 14.0. The molecular weight excluding hydrogens is 376 g/mol. The first kappa shape index (κ1) is 14.6. The van der Waals surface area contributed by atoms with Gasteiger partial charge in [-0.3, -0.25) is 0 Å². The highest BCUT2D eigenvalue weighted by Crippen LogP contribution is 2.23. The number of aromatic nitrogens is 1. The largest absolute Gasteiger partial charge is 0.476 e. The maximum absolute atomic E-state index is 12.0. The molecule has 2 aromatic rings. The van der Waals surface area contributed by atoms with Crippen LogP contribution < -0.4 is 4.72 Å². The molecule has 0 saturated heterocycles. The molecule has 2 N–H and O–H groups in total. The van der Waals surface area contributed by atoms with Gasteiger partial charge in [-0.1, -0.05) is 0 Å². The number of sulfonamides is 1. The van der Waals surface area contributed by atoms with E-state index >= 15 is 0 Å². The summed E-state index contributed by atoms with van der Waals surface area (Å²) in [5.41, 5.74) is 0.740. The highest BCUT2D eigenvalue weighted by Gasteiger charge is 2.25. The predicted molar refractivity (Wildman–Crippen MR) is 75.1 cm³/mol. The lowest BCUT2D eigenvalue weighted by Crippen LogP contribution is -2.23. The summed E-state index contributed by atoms with van der Waals surface area (Å²) in [5, 5.41) is 8.85. The third kappa shape index (κ3) is 3.39. The Labute approximate surface area is 125 Å². The SMILES string of the molecule is O=C(O)c1ncsc1S(=O)(=O)NCc1ccc(Br)s1. The van der Waals surface area contributed by atoms with Crippen molar-refractivity contribution in [2.24, 2.45) is 0 Å². The summed E-state index contributed by atoms with van der Waals surface area (Å²) in [7, 11) is -3.87. The summed E-state index contributed by atoms with van der Waals surface area (Å²) in [5.74, 6) is -1.36. The van der Waals surface area contributed by atoms with Crippen molar-refractivity contribution in [1.29, 1.82) is 0 Å². The van der Waals surface area contributed by atoms with Crippen LogP contribution in [-0.2, 0) is 16.6 Å². The molecule has 0 amide bonds. The number of nitrogens with one attached hydrogen (secondary N) is 1. The normalized spacial score (nSPS) is 11.6. The number of carboxylic acids is 1. The first-order valence-corrected chi connectivity index (χ1v) is 8.78. The van der Waals surface area contributed by atoms with Crippen LogP contribution >= 0.6 is 38.6 Å². The van der Waals surface area contributed by atoms with Gasteiger partial charge in [-0.05, 0) is 28.1 Å². The molecule has 2 rings (SSSR count). The number of hydrogen-bond donors (Lipinski definition) is 2. The number of thiophene rings is 1. The van der Waals surface area contributed by atoms with Crippen LogP contribution in [-0.4, -0.2) is 24.5 Å². The topological polar surface area (TPSA) is 96.4 Å². The fourth-order valence-corrected chi connectivity index (χ4v) is 4.95. The van der Waals surface area contributed by atoms with Crippen LogP contribution in [0.1, 0.15) is 15.4 Å². The van der Waals surface area contributed by atoms with Gasteiger partial charge in [0.1, 0.15) is 0 Å². The van der Waals surface area contributed by atoms with Gasteiger partial charge in [0.05, 0.1) is 9.30 Å². The summed E-state index contributed by atoms with van der Waals surface area (Å²) >= 11 is 5.45. The Bertz CT molecular complexity index is 707. The minimum absolute atomic E-state index is 0.107. The molecule has 0 aliphatic carbocycles. The fourth-order valence-electron chi connectivity index (χ4n) is 1.25. The smallest absolute Gasteiger partial charge is 0.356 e. The molecule has 19 heavy (non-hydrogen) atoms. The average molecular weight is 383 g/mol. The van der Waals surface area contributed by atoms with Crippen molar-refractivity contribution in [2.75, 3.05) is 0 Å². The molecule has 0 atom stereocenters. The highest BCUT2D eigenvalue weighted by atomic mass is 79.9. The van der Waals surface area contributed by atoms with E-state index in [2.05, 4.69) is 25.6 Å². The standard InChI is InChI=1S/C9H7BrN2O4S3/c10-6-2-1-5(18-6)3-12-19(15,16)9-7(8(13)14)11-4-17-9/h1-2,4,12H,3H2,(H,13,14). The summed E-state index contributed by atoms with van der Waals surface area (Å²) in [6.45, 7) is 0.107. The zero-order valence-corrected chi connectivity index (χ0v) is 13.2. The molecule has 10 heteroatoms. The second kappa shape index (κ2) is 5.67. The number of thiazole rings is 1. The number of nitrogens with zero attached hydrogens (tertiary/aromatic N) is 1. The summed E-state index contributed by atoms with van der Waals surface area (Å²) in [6.07, 6.45) is 0. The molecule has 0 aromatic carbocycles. The summed E-state index contributed by atoms with van der Waals surface area (Å²) in [6, 6.07) is 3.59. The Kier molecular flexibility index (Phi) is 4.36. The number of aromatic carboxylic acids is 1. The van der Waals surface area contributed by atoms with E-state index in [9.17, 15) is 13.2 Å². The molecule has 6 nitrogen and oxygen atoms in total. The highest BCUT2D eigenvalue weighted by molar-refractivity contribution is 9.11. The number of carboxylic acid groups (broad SMARTS) is 1. The predicted octanol–water partition coefficient (Wildman–Crippen LogP) is 2.14. The second-order valence-electron chi connectivity index (χ2n) is 3.32. The number of hydrogen-bond acceptors (Lipinski definition) is 6. The van der Waals surface area contributed by atoms with Gasteiger partial charge in [0, 0.05) is 11.4 Å². The van der Waals surface area contributed by atoms with E-state index in [0.717, 1.165) is 20.0 Å². The van der Waals surface area contributed by atoms with Crippen LogP contribution in [0.3, 0.4) is 0 Å². The van der Waals surface area contributed by atoms with Crippen molar-refractivity contribution >= 4 is 54.6 Å². The quantitative estimate of drug-likeness (QED) is 0.825. The van der Waals surface area contributed by atoms with Crippen LogP contribution in [0.25, 0.3) is 0 Å². The maximum atomic E-state index is 12.0. The van der Waals surface area contributed by atoms with E-state index in [0.29, 0.717) is 0 Å². The van der Waals surface area contributed by atoms with E-state index in [1.54, 1.807) is 6.07 Å². The Morgan fingerprint density at radius 3 is 2.79 bits per heavy atom. The van der Waals surface area contributed by atoms with Crippen molar-refractivity contribution < 1.29 is 18.3 Å². The minimum Gasteiger partial charge on any atom is -0.476 e. The Hall–Kier alpha value is -0.810.